The zero-order valence-corrected chi connectivity index (χ0v) is 11.3. The molecule has 2 rings (SSSR count). The topological polar surface area (TPSA) is 61.4 Å². The summed E-state index contributed by atoms with van der Waals surface area (Å²) in [4.78, 5) is 25.1. The van der Waals surface area contributed by atoms with Gasteiger partial charge in [0.15, 0.2) is 0 Å². The smallest absolute Gasteiger partial charge is 0.254 e. The third-order valence-electron chi connectivity index (χ3n) is 3.16. The molecule has 0 atom stereocenters. The second-order valence-electron chi connectivity index (χ2n) is 4.66. The number of hydrogen-bond donors (Lipinski definition) is 2. The van der Waals surface area contributed by atoms with Crippen LogP contribution >= 0.6 is 0 Å². The van der Waals surface area contributed by atoms with E-state index in [0.717, 1.165) is 24.2 Å². The molecule has 0 saturated carbocycles. The molecule has 1 heterocycles. The molecule has 2 N–H and O–H groups in total. The Kier molecular flexibility index (Phi) is 4.04. The maximum Gasteiger partial charge on any atom is 0.254 e. The van der Waals surface area contributed by atoms with Crippen LogP contribution in [-0.2, 0) is 11.2 Å². The molecule has 0 fully saturated rings. The molecule has 102 valence electrons. The number of fused-ring (bicyclic) bond motifs is 1. The summed E-state index contributed by atoms with van der Waals surface area (Å²) in [6.07, 6.45) is 0.941. The fourth-order valence-corrected chi connectivity index (χ4v) is 2.20. The number of carbonyl (C=O) groups is 2. The van der Waals surface area contributed by atoms with Gasteiger partial charge in [0.1, 0.15) is 0 Å². The van der Waals surface area contributed by atoms with Crippen LogP contribution in [0.1, 0.15) is 22.8 Å². The predicted octanol–water partition coefficient (Wildman–Crippen LogP) is 0.863. The number of amides is 2. The number of rotatable bonds is 4. The summed E-state index contributed by atoms with van der Waals surface area (Å²) in [5.74, 6) is -0.262. The zero-order chi connectivity index (χ0) is 13.8. The third-order valence-corrected chi connectivity index (χ3v) is 3.16. The van der Waals surface area contributed by atoms with Crippen molar-refractivity contribution in [2.45, 2.75) is 13.3 Å². The second-order valence-corrected chi connectivity index (χ2v) is 4.66. The van der Waals surface area contributed by atoms with Crippen LogP contribution in [0.4, 0.5) is 5.69 Å². The molecular weight excluding hydrogens is 242 g/mol. The molecule has 2 amide bonds. The van der Waals surface area contributed by atoms with E-state index in [1.165, 1.54) is 4.90 Å². The summed E-state index contributed by atoms with van der Waals surface area (Å²) in [6.45, 7) is 3.43. The van der Waals surface area contributed by atoms with Crippen LogP contribution in [0.5, 0.6) is 0 Å². The highest BCUT2D eigenvalue weighted by Crippen LogP contribution is 2.23. The largest absolute Gasteiger partial charge is 0.384 e. The minimum absolute atomic E-state index is 0.0853. The Labute approximate surface area is 113 Å². The van der Waals surface area contributed by atoms with E-state index in [2.05, 4.69) is 10.6 Å². The van der Waals surface area contributed by atoms with Gasteiger partial charge in [-0.1, -0.05) is 0 Å². The van der Waals surface area contributed by atoms with E-state index in [1.807, 2.05) is 19.1 Å². The van der Waals surface area contributed by atoms with Gasteiger partial charge >= 0.3 is 0 Å². The van der Waals surface area contributed by atoms with Crippen molar-refractivity contribution in [3.63, 3.8) is 0 Å². The fourth-order valence-electron chi connectivity index (χ4n) is 2.20. The van der Waals surface area contributed by atoms with Crippen LogP contribution in [0, 0.1) is 0 Å². The molecule has 0 spiro atoms. The van der Waals surface area contributed by atoms with Gasteiger partial charge in [-0.05, 0) is 37.1 Å². The Bertz CT molecular complexity index is 499. The number of nitrogens with zero attached hydrogens (tertiary/aromatic N) is 1. The highest BCUT2D eigenvalue weighted by Gasteiger charge is 2.17. The van der Waals surface area contributed by atoms with Crippen molar-refractivity contribution in [3.05, 3.63) is 29.3 Å². The Morgan fingerprint density at radius 1 is 1.42 bits per heavy atom. The maximum absolute atomic E-state index is 12.2. The van der Waals surface area contributed by atoms with Gasteiger partial charge in [-0.15, -0.1) is 0 Å². The minimum Gasteiger partial charge on any atom is -0.384 e. The summed E-state index contributed by atoms with van der Waals surface area (Å²) in [5.41, 5.74) is 2.90. The lowest BCUT2D eigenvalue weighted by Gasteiger charge is -2.17. The molecule has 1 aliphatic heterocycles. The molecular formula is C14H19N3O2. The average molecular weight is 261 g/mol. The molecule has 1 aliphatic rings. The first-order valence-corrected chi connectivity index (χ1v) is 6.50. The van der Waals surface area contributed by atoms with Gasteiger partial charge < -0.3 is 15.5 Å². The van der Waals surface area contributed by atoms with E-state index < -0.39 is 0 Å². The maximum atomic E-state index is 12.2. The molecule has 0 bridgehead atoms. The summed E-state index contributed by atoms with van der Waals surface area (Å²) >= 11 is 0. The van der Waals surface area contributed by atoms with Crippen molar-refractivity contribution < 1.29 is 9.59 Å². The van der Waals surface area contributed by atoms with Crippen LogP contribution < -0.4 is 10.6 Å². The summed E-state index contributed by atoms with van der Waals surface area (Å²) in [7, 11) is 1.64. The van der Waals surface area contributed by atoms with Crippen molar-refractivity contribution >= 4 is 17.5 Å². The minimum atomic E-state index is -0.138. The first-order valence-electron chi connectivity index (χ1n) is 6.50. The Balaban J connectivity index is 2.05. The van der Waals surface area contributed by atoms with E-state index in [1.54, 1.807) is 13.1 Å². The molecule has 1 aromatic rings. The molecule has 0 aliphatic carbocycles. The Morgan fingerprint density at radius 2 is 2.21 bits per heavy atom. The van der Waals surface area contributed by atoms with Crippen molar-refractivity contribution in [1.82, 2.24) is 10.2 Å². The summed E-state index contributed by atoms with van der Waals surface area (Å²) in [6, 6.07) is 5.63. The molecule has 1 aromatic carbocycles. The standard InChI is InChI=1S/C14H19N3O2/c1-3-15-13(18)9-17(2)14(19)11-4-5-12-10(8-11)6-7-16-12/h4-5,8,16H,3,6-7,9H2,1-2H3,(H,15,18). The van der Waals surface area contributed by atoms with Crippen molar-refractivity contribution in [2.24, 2.45) is 0 Å². The lowest BCUT2D eigenvalue weighted by molar-refractivity contribution is -0.121. The van der Waals surface area contributed by atoms with E-state index in [0.29, 0.717) is 12.1 Å². The molecule has 0 unspecified atom stereocenters. The molecule has 5 heteroatoms. The van der Waals surface area contributed by atoms with Crippen LogP contribution in [-0.4, -0.2) is 43.4 Å². The second kappa shape index (κ2) is 5.73. The van der Waals surface area contributed by atoms with Crippen LogP contribution in [0.15, 0.2) is 18.2 Å². The molecule has 5 nitrogen and oxygen atoms in total. The lowest BCUT2D eigenvalue weighted by atomic mass is 10.1. The molecule has 0 aromatic heterocycles. The van der Waals surface area contributed by atoms with Crippen molar-refractivity contribution in [2.75, 3.05) is 32.0 Å². The highest BCUT2D eigenvalue weighted by atomic mass is 16.2. The first kappa shape index (κ1) is 13.4. The average Bonchev–Trinajstić information content (AvgIpc) is 2.85. The van der Waals surface area contributed by atoms with Gasteiger partial charge in [0.25, 0.3) is 5.91 Å². The van der Waals surface area contributed by atoms with E-state index in [4.69, 9.17) is 0 Å². The van der Waals surface area contributed by atoms with Gasteiger partial charge in [-0.3, -0.25) is 9.59 Å². The van der Waals surface area contributed by atoms with Crippen LogP contribution in [0.25, 0.3) is 0 Å². The van der Waals surface area contributed by atoms with E-state index >= 15 is 0 Å². The van der Waals surface area contributed by atoms with Gasteiger partial charge in [-0.25, -0.2) is 0 Å². The predicted molar refractivity (Wildman–Crippen MR) is 74.3 cm³/mol. The van der Waals surface area contributed by atoms with Crippen LogP contribution in [0.3, 0.4) is 0 Å². The van der Waals surface area contributed by atoms with Gasteiger partial charge in [0, 0.05) is 31.4 Å². The SMILES string of the molecule is CCNC(=O)CN(C)C(=O)c1ccc2c(c1)CCN2. The third kappa shape index (κ3) is 3.05. The van der Waals surface area contributed by atoms with Gasteiger partial charge in [0.05, 0.1) is 6.54 Å². The number of carbonyl (C=O) groups excluding carboxylic acids is 2. The monoisotopic (exact) mass is 261 g/mol. The summed E-state index contributed by atoms with van der Waals surface area (Å²) in [5, 5.41) is 5.94. The Morgan fingerprint density at radius 3 is 2.95 bits per heavy atom. The first-order chi connectivity index (χ1) is 9.11. The number of benzene rings is 1. The highest BCUT2D eigenvalue weighted by molar-refractivity contribution is 5.97. The number of nitrogens with one attached hydrogen (secondary N) is 2. The summed E-state index contributed by atoms with van der Waals surface area (Å²) < 4.78 is 0. The number of hydrogen-bond acceptors (Lipinski definition) is 3. The van der Waals surface area contributed by atoms with Crippen molar-refractivity contribution in [1.29, 1.82) is 0 Å². The number of likely N-dealkylation sites (N-methyl/N-ethyl adjacent to an activating group) is 2. The van der Waals surface area contributed by atoms with Crippen LogP contribution in [0.2, 0.25) is 0 Å². The number of anilines is 1. The van der Waals surface area contributed by atoms with E-state index in [9.17, 15) is 9.59 Å². The molecule has 19 heavy (non-hydrogen) atoms. The van der Waals surface area contributed by atoms with Gasteiger partial charge in [0.2, 0.25) is 5.91 Å². The zero-order valence-electron chi connectivity index (χ0n) is 11.3. The van der Waals surface area contributed by atoms with E-state index in [-0.39, 0.29) is 18.4 Å². The molecule has 0 saturated heterocycles. The Hall–Kier alpha value is -2.04. The fraction of sp³-hybridized carbons (Fsp3) is 0.429. The lowest BCUT2D eigenvalue weighted by Crippen LogP contribution is -2.38. The van der Waals surface area contributed by atoms with Crippen molar-refractivity contribution in [3.8, 4) is 0 Å². The molecule has 0 radical (unpaired) electrons. The van der Waals surface area contributed by atoms with Gasteiger partial charge in [-0.2, -0.15) is 0 Å². The quantitative estimate of drug-likeness (QED) is 0.845. The normalized spacial score (nSPS) is 12.5.